The molecule has 4 rings (SSSR count). The molecule has 1 aromatic heterocycles. The third-order valence-corrected chi connectivity index (χ3v) is 5.89. The van der Waals surface area contributed by atoms with E-state index in [0.717, 1.165) is 36.7 Å². The van der Waals surface area contributed by atoms with Crippen molar-refractivity contribution in [3.05, 3.63) is 64.6 Å². The molecule has 1 aliphatic rings. The van der Waals surface area contributed by atoms with Crippen molar-refractivity contribution >= 4 is 28.7 Å². The Kier molecular flexibility index (Phi) is 8.95. The highest BCUT2D eigenvalue weighted by Gasteiger charge is 2.31. The molecule has 200 valence electrons. The van der Waals surface area contributed by atoms with E-state index in [1.54, 1.807) is 10.6 Å². The number of nitrogens with one attached hydrogen (secondary N) is 1. The zero-order valence-electron chi connectivity index (χ0n) is 19.7. The van der Waals surface area contributed by atoms with Gasteiger partial charge in [-0.3, -0.25) is 14.3 Å². The summed E-state index contributed by atoms with van der Waals surface area (Å²) in [6.45, 7) is 4.10. The van der Waals surface area contributed by atoms with Gasteiger partial charge in [-0.2, -0.15) is 13.2 Å². The summed E-state index contributed by atoms with van der Waals surface area (Å²) in [5.74, 6) is -2.85. The molecule has 1 unspecified atom stereocenters. The van der Waals surface area contributed by atoms with Gasteiger partial charge in [-0.15, -0.1) is 0 Å². The molecule has 0 saturated carbocycles. The lowest BCUT2D eigenvalue weighted by molar-refractivity contribution is -0.152. The molecule has 1 aliphatic heterocycles. The SMILES string of the molecule is O=C(O)CC(O)C(=O)O.O=c1[nH]c2ccccc2n1CCN1CCN(c2cccc(C(F)(F)F)c2)CC1. The largest absolute Gasteiger partial charge is 0.481 e. The first-order valence-electron chi connectivity index (χ1n) is 11.4. The van der Waals surface area contributed by atoms with E-state index in [-0.39, 0.29) is 5.69 Å². The predicted octanol–water partition coefficient (Wildman–Crippen LogP) is 2.08. The van der Waals surface area contributed by atoms with Crippen molar-refractivity contribution in [1.29, 1.82) is 0 Å². The van der Waals surface area contributed by atoms with Crippen molar-refractivity contribution in [1.82, 2.24) is 14.5 Å². The van der Waals surface area contributed by atoms with E-state index in [1.807, 2.05) is 29.2 Å². The van der Waals surface area contributed by atoms with Gasteiger partial charge in [0.25, 0.3) is 0 Å². The topological polar surface area (TPSA) is 139 Å². The second-order valence-electron chi connectivity index (χ2n) is 8.43. The molecule has 13 heteroatoms. The van der Waals surface area contributed by atoms with Crippen LogP contribution in [0, 0.1) is 0 Å². The molecule has 0 spiro atoms. The Morgan fingerprint density at radius 2 is 1.65 bits per heavy atom. The first kappa shape index (κ1) is 27.7. The molecule has 3 aromatic rings. The molecule has 1 fully saturated rings. The number of aliphatic hydroxyl groups is 1. The van der Waals surface area contributed by atoms with E-state index >= 15 is 0 Å². The molecule has 0 aliphatic carbocycles. The lowest BCUT2D eigenvalue weighted by Gasteiger charge is -2.36. The van der Waals surface area contributed by atoms with Gasteiger partial charge in [-0.25, -0.2) is 9.59 Å². The average molecular weight is 524 g/mol. The van der Waals surface area contributed by atoms with Crippen LogP contribution in [0.4, 0.5) is 18.9 Å². The maximum absolute atomic E-state index is 12.9. The Morgan fingerprint density at radius 1 is 0.973 bits per heavy atom. The molecular weight excluding hydrogens is 497 g/mol. The lowest BCUT2D eigenvalue weighted by atomic mass is 10.1. The summed E-state index contributed by atoms with van der Waals surface area (Å²) in [4.78, 5) is 38.6. The normalized spacial score (nSPS) is 15.2. The number of aromatic amines is 1. The van der Waals surface area contributed by atoms with Crippen molar-refractivity contribution in [2.75, 3.05) is 37.6 Å². The summed E-state index contributed by atoms with van der Waals surface area (Å²) in [7, 11) is 0. The number of aliphatic hydroxyl groups excluding tert-OH is 1. The number of benzene rings is 2. The van der Waals surface area contributed by atoms with Crippen LogP contribution in [0.2, 0.25) is 0 Å². The minimum absolute atomic E-state index is 0.121. The lowest BCUT2D eigenvalue weighted by Crippen LogP contribution is -2.47. The number of hydrogen-bond acceptors (Lipinski definition) is 6. The number of para-hydroxylation sites is 2. The molecule has 37 heavy (non-hydrogen) atoms. The van der Waals surface area contributed by atoms with Gasteiger partial charge in [0, 0.05) is 45.0 Å². The van der Waals surface area contributed by atoms with Gasteiger partial charge in [0.05, 0.1) is 23.0 Å². The minimum Gasteiger partial charge on any atom is -0.481 e. The van der Waals surface area contributed by atoms with Crippen molar-refractivity contribution < 1.29 is 38.1 Å². The van der Waals surface area contributed by atoms with Gasteiger partial charge in [-0.05, 0) is 30.3 Å². The van der Waals surface area contributed by atoms with Crippen LogP contribution in [0.15, 0.2) is 53.3 Å². The quantitative estimate of drug-likeness (QED) is 0.369. The summed E-state index contributed by atoms with van der Waals surface area (Å²) < 4.78 is 40.5. The fourth-order valence-corrected chi connectivity index (χ4v) is 3.93. The molecule has 2 heterocycles. The van der Waals surface area contributed by atoms with Crippen LogP contribution in [0.1, 0.15) is 12.0 Å². The highest BCUT2D eigenvalue weighted by atomic mass is 19.4. The van der Waals surface area contributed by atoms with E-state index in [4.69, 9.17) is 15.3 Å². The van der Waals surface area contributed by atoms with Gasteiger partial charge in [-0.1, -0.05) is 18.2 Å². The number of carbonyl (C=O) groups is 2. The molecule has 0 amide bonds. The number of carboxylic acids is 2. The van der Waals surface area contributed by atoms with Gasteiger partial charge in [0.15, 0.2) is 6.10 Å². The zero-order chi connectivity index (χ0) is 27.2. The number of halogens is 3. The Morgan fingerprint density at radius 3 is 2.24 bits per heavy atom. The molecule has 4 N–H and O–H groups in total. The molecule has 10 nitrogen and oxygen atoms in total. The fraction of sp³-hybridized carbons (Fsp3) is 0.375. The summed E-state index contributed by atoms with van der Waals surface area (Å²) in [5.41, 5.74) is 1.56. The first-order chi connectivity index (χ1) is 17.5. The third-order valence-electron chi connectivity index (χ3n) is 5.89. The van der Waals surface area contributed by atoms with Crippen LogP contribution >= 0.6 is 0 Å². The summed E-state index contributed by atoms with van der Waals surface area (Å²) in [6.07, 6.45) is -6.87. The fourth-order valence-electron chi connectivity index (χ4n) is 3.93. The molecule has 2 aromatic carbocycles. The monoisotopic (exact) mass is 524 g/mol. The number of carboxylic acid groups (broad SMARTS) is 2. The molecule has 0 radical (unpaired) electrons. The van der Waals surface area contributed by atoms with Crippen LogP contribution in [-0.2, 0) is 22.3 Å². The van der Waals surface area contributed by atoms with Gasteiger partial charge < -0.3 is 25.2 Å². The number of alkyl halides is 3. The predicted molar refractivity (Wildman–Crippen MR) is 129 cm³/mol. The van der Waals surface area contributed by atoms with Crippen LogP contribution in [0.3, 0.4) is 0 Å². The second-order valence-corrected chi connectivity index (χ2v) is 8.43. The maximum Gasteiger partial charge on any atom is 0.416 e. The third kappa shape index (κ3) is 7.57. The minimum atomic E-state index is -4.33. The van der Waals surface area contributed by atoms with E-state index in [0.29, 0.717) is 25.3 Å². The molecular formula is C24H27F3N4O6. The standard InChI is InChI=1S/C20H21F3N4O.C4H6O5/c21-20(22,23)15-4-3-5-16(14-15)26-11-8-25(9-12-26)10-13-27-18-7-2-1-6-17(18)24-19(27)28;5-2(4(8)9)1-3(6)7/h1-7,14H,8-13H2,(H,24,28);2,5H,1H2,(H,6,7)(H,8,9). The molecule has 1 atom stereocenters. The molecule has 0 bridgehead atoms. The van der Waals surface area contributed by atoms with Crippen LogP contribution < -0.4 is 10.6 Å². The highest BCUT2D eigenvalue weighted by molar-refractivity contribution is 5.79. The number of rotatable bonds is 7. The summed E-state index contributed by atoms with van der Waals surface area (Å²) >= 11 is 0. The smallest absolute Gasteiger partial charge is 0.416 e. The average Bonchev–Trinajstić information content (AvgIpc) is 3.17. The van der Waals surface area contributed by atoms with Crippen LogP contribution in [0.25, 0.3) is 11.0 Å². The first-order valence-corrected chi connectivity index (χ1v) is 11.4. The Bertz CT molecular complexity index is 1280. The summed E-state index contributed by atoms with van der Waals surface area (Å²) in [6, 6.07) is 13.1. The number of aromatic nitrogens is 2. The Hall–Kier alpha value is -3.84. The number of anilines is 1. The number of fused-ring (bicyclic) bond motifs is 1. The Labute approximate surface area is 209 Å². The van der Waals surface area contributed by atoms with Crippen LogP contribution in [-0.4, -0.2) is 80.5 Å². The number of piperazine rings is 1. The van der Waals surface area contributed by atoms with Gasteiger partial charge in [0.1, 0.15) is 0 Å². The number of hydrogen-bond donors (Lipinski definition) is 4. The van der Waals surface area contributed by atoms with Crippen molar-refractivity contribution in [3.8, 4) is 0 Å². The van der Waals surface area contributed by atoms with Crippen LogP contribution in [0.5, 0.6) is 0 Å². The van der Waals surface area contributed by atoms with Gasteiger partial charge in [0.2, 0.25) is 0 Å². The van der Waals surface area contributed by atoms with E-state index < -0.39 is 36.2 Å². The number of aliphatic carboxylic acids is 2. The van der Waals surface area contributed by atoms with E-state index in [1.165, 1.54) is 12.1 Å². The second kappa shape index (κ2) is 11.9. The summed E-state index contributed by atoms with van der Waals surface area (Å²) in [5, 5.41) is 24.1. The van der Waals surface area contributed by atoms with Crippen molar-refractivity contribution in [3.63, 3.8) is 0 Å². The van der Waals surface area contributed by atoms with Gasteiger partial charge >= 0.3 is 23.8 Å². The number of imidazole rings is 1. The Balaban J connectivity index is 0.000000364. The van der Waals surface area contributed by atoms with E-state index in [9.17, 15) is 27.6 Å². The van der Waals surface area contributed by atoms with Crippen molar-refractivity contribution in [2.24, 2.45) is 0 Å². The highest BCUT2D eigenvalue weighted by Crippen LogP contribution is 2.31. The molecule has 1 saturated heterocycles. The number of H-pyrrole nitrogens is 1. The van der Waals surface area contributed by atoms with Crippen molar-refractivity contribution in [2.45, 2.75) is 25.2 Å². The number of nitrogens with zero attached hydrogens (tertiary/aromatic N) is 3. The van der Waals surface area contributed by atoms with E-state index in [2.05, 4.69) is 9.88 Å². The maximum atomic E-state index is 12.9. The zero-order valence-corrected chi connectivity index (χ0v) is 19.7.